The number of amides is 1. The summed E-state index contributed by atoms with van der Waals surface area (Å²) in [4.78, 5) is 13.5. The lowest BCUT2D eigenvalue weighted by atomic mass is 9.60. The van der Waals surface area contributed by atoms with Crippen LogP contribution in [0.5, 0.6) is 17.2 Å². The number of benzene rings is 1. The number of fused-ring (bicyclic) bond motifs is 2. The van der Waals surface area contributed by atoms with Gasteiger partial charge in [0.15, 0.2) is 0 Å². The van der Waals surface area contributed by atoms with Crippen LogP contribution in [0, 0.1) is 23.7 Å². The Hall–Kier alpha value is -2.17. The van der Waals surface area contributed by atoms with Gasteiger partial charge in [0.25, 0.3) is 0 Å². The third-order valence-corrected chi connectivity index (χ3v) is 7.07. The van der Waals surface area contributed by atoms with E-state index < -0.39 is 0 Å². The highest BCUT2D eigenvalue weighted by Crippen LogP contribution is 2.48. The summed E-state index contributed by atoms with van der Waals surface area (Å²) in [6.45, 7) is 2.25. The lowest BCUT2D eigenvalue weighted by molar-refractivity contribution is -0.125. The third-order valence-electron chi connectivity index (χ3n) is 7.07. The van der Waals surface area contributed by atoms with Crippen LogP contribution in [0.25, 0.3) is 0 Å². The Labute approximate surface area is 187 Å². The van der Waals surface area contributed by atoms with Crippen molar-refractivity contribution in [1.82, 2.24) is 0 Å². The van der Waals surface area contributed by atoms with Crippen LogP contribution >= 0.6 is 0 Å². The normalized spacial score (nSPS) is 24.1. The number of hydrogen-bond acceptors (Lipinski definition) is 4. The van der Waals surface area contributed by atoms with E-state index in [-0.39, 0.29) is 11.8 Å². The molecule has 1 aromatic carbocycles. The molecular formula is C26H39NO4. The van der Waals surface area contributed by atoms with E-state index in [1.165, 1.54) is 44.9 Å². The zero-order valence-corrected chi connectivity index (χ0v) is 19.6. The number of carbonyl (C=O) groups excluding carboxylic acids is 1. The molecule has 4 unspecified atom stereocenters. The van der Waals surface area contributed by atoms with Crippen LogP contribution in [0.3, 0.4) is 0 Å². The predicted molar refractivity (Wildman–Crippen MR) is 125 cm³/mol. The maximum Gasteiger partial charge on any atom is 0.228 e. The van der Waals surface area contributed by atoms with Crippen molar-refractivity contribution in [2.75, 3.05) is 26.6 Å². The van der Waals surface area contributed by atoms with Crippen molar-refractivity contribution in [1.29, 1.82) is 0 Å². The van der Waals surface area contributed by atoms with Crippen molar-refractivity contribution in [3.05, 3.63) is 24.3 Å². The van der Waals surface area contributed by atoms with E-state index in [1.807, 2.05) is 0 Å². The summed E-state index contributed by atoms with van der Waals surface area (Å²) in [6, 6.07) is 3.55. The highest BCUT2D eigenvalue weighted by molar-refractivity contribution is 5.96. The van der Waals surface area contributed by atoms with Crippen LogP contribution in [0.15, 0.2) is 24.3 Å². The minimum Gasteiger partial charge on any atom is -0.496 e. The molecule has 1 fully saturated rings. The number of allylic oxidation sites excluding steroid dienone is 2. The summed E-state index contributed by atoms with van der Waals surface area (Å²) in [5.74, 6) is 3.09. The van der Waals surface area contributed by atoms with Crippen molar-refractivity contribution in [2.45, 2.75) is 64.7 Å². The highest BCUT2D eigenvalue weighted by atomic mass is 16.5. The van der Waals surface area contributed by atoms with Crippen molar-refractivity contribution < 1.29 is 19.0 Å². The molecule has 31 heavy (non-hydrogen) atoms. The SMILES string of the molecule is CCCCCCCCC1C2C=CC(CC2)C1C(=O)Nc1c(OC)cc(OC)cc1OC. The number of anilines is 1. The molecule has 0 saturated heterocycles. The van der Waals surface area contributed by atoms with Gasteiger partial charge in [0, 0.05) is 18.1 Å². The number of methoxy groups -OCH3 is 3. The molecule has 2 bridgehead atoms. The quantitative estimate of drug-likeness (QED) is 0.316. The smallest absolute Gasteiger partial charge is 0.228 e. The second kappa shape index (κ2) is 11.4. The molecule has 5 heteroatoms. The number of hydrogen-bond donors (Lipinski definition) is 1. The van der Waals surface area contributed by atoms with Gasteiger partial charge in [-0.25, -0.2) is 0 Å². The molecule has 5 nitrogen and oxygen atoms in total. The second-order valence-electron chi connectivity index (χ2n) is 8.93. The Kier molecular flexibility index (Phi) is 8.68. The first kappa shape index (κ1) is 23.5. The Bertz CT molecular complexity index is 735. The van der Waals surface area contributed by atoms with E-state index in [2.05, 4.69) is 24.4 Å². The molecule has 0 heterocycles. The van der Waals surface area contributed by atoms with Gasteiger partial charge in [0.2, 0.25) is 5.91 Å². The molecule has 3 aliphatic rings. The minimum absolute atomic E-state index is 0.0101. The van der Waals surface area contributed by atoms with Crippen LogP contribution in [0.1, 0.15) is 64.7 Å². The Morgan fingerprint density at radius 1 is 0.903 bits per heavy atom. The monoisotopic (exact) mass is 429 g/mol. The molecule has 1 amide bonds. The van der Waals surface area contributed by atoms with Crippen LogP contribution in [-0.2, 0) is 4.79 Å². The summed E-state index contributed by atoms with van der Waals surface area (Å²) in [5.41, 5.74) is 0.583. The van der Waals surface area contributed by atoms with Gasteiger partial charge in [-0.15, -0.1) is 0 Å². The molecule has 0 radical (unpaired) electrons. The van der Waals surface area contributed by atoms with Gasteiger partial charge in [-0.2, -0.15) is 0 Å². The van der Waals surface area contributed by atoms with Gasteiger partial charge in [-0.05, 0) is 37.0 Å². The summed E-state index contributed by atoms with van der Waals surface area (Å²) in [6.07, 6.45) is 15.8. The Balaban J connectivity index is 1.72. The number of nitrogens with one attached hydrogen (secondary N) is 1. The fourth-order valence-corrected chi connectivity index (χ4v) is 5.38. The topological polar surface area (TPSA) is 56.8 Å². The first-order chi connectivity index (χ1) is 15.1. The first-order valence-corrected chi connectivity index (χ1v) is 11.9. The molecular weight excluding hydrogens is 390 g/mol. The van der Waals surface area contributed by atoms with E-state index in [1.54, 1.807) is 33.5 Å². The third kappa shape index (κ3) is 5.55. The van der Waals surface area contributed by atoms with E-state index in [0.717, 1.165) is 12.8 Å². The molecule has 4 rings (SSSR count). The summed E-state index contributed by atoms with van der Waals surface area (Å²) >= 11 is 0. The van der Waals surface area contributed by atoms with Crippen LogP contribution in [0.4, 0.5) is 5.69 Å². The standard InChI is InChI=1S/C26H39NO4/c1-5-6-7-8-9-10-11-21-18-12-14-19(15-13-18)24(21)26(28)27-25-22(30-3)16-20(29-2)17-23(25)31-4/h12,14,16-19,21,24H,5-11,13,15H2,1-4H3,(H,27,28). The number of ether oxygens (including phenoxy) is 3. The fourth-order valence-electron chi connectivity index (χ4n) is 5.38. The van der Waals surface area contributed by atoms with Crippen LogP contribution in [0.2, 0.25) is 0 Å². The molecule has 172 valence electrons. The first-order valence-electron chi connectivity index (χ1n) is 11.9. The zero-order chi connectivity index (χ0) is 22.2. The van der Waals surface area contributed by atoms with Crippen molar-refractivity contribution in [2.24, 2.45) is 23.7 Å². The Morgan fingerprint density at radius 3 is 2.10 bits per heavy atom. The van der Waals surface area contributed by atoms with E-state index in [9.17, 15) is 4.79 Å². The van der Waals surface area contributed by atoms with Crippen LogP contribution < -0.4 is 19.5 Å². The fraction of sp³-hybridized carbons (Fsp3) is 0.654. The van der Waals surface area contributed by atoms with Crippen LogP contribution in [-0.4, -0.2) is 27.2 Å². The van der Waals surface area contributed by atoms with Gasteiger partial charge in [0.1, 0.15) is 22.9 Å². The van der Waals surface area contributed by atoms with Gasteiger partial charge in [-0.3, -0.25) is 4.79 Å². The number of rotatable bonds is 12. The predicted octanol–water partition coefficient (Wildman–Crippen LogP) is 6.23. The lowest BCUT2D eigenvalue weighted by Crippen LogP contribution is -2.43. The van der Waals surface area contributed by atoms with Crippen molar-refractivity contribution >= 4 is 11.6 Å². The van der Waals surface area contributed by atoms with E-state index >= 15 is 0 Å². The number of unbranched alkanes of at least 4 members (excludes halogenated alkanes) is 5. The molecule has 3 aliphatic carbocycles. The van der Waals surface area contributed by atoms with Gasteiger partial charge >= 0.3 is 0 Å². The zero-order valence-electron chi connectivity index (χ0n) is 19.6. The van der Waals surface area contributed by atoms with E-state index in [4.69, 9.17) is 14.2 Å². The molecule has 1 aromatic rings. The summed E-state index contributed by atoms with van der Waals surface area (Å²) in [5, 5.41) is 3.16. The van der Waals surface area contributed by atoms with E-state index in [0.29, 0.717) is 40.7 Å². The number of carbonyl (C=O) groups is 1. The van der Waals surface area contributed by atoms with Gasteiger partial charge in [-0.1, -0.05) is 57.6 Å². The minimum atomic E-state index is 0.0101. The molecule has 1 saturated carbocycles. The van der Waals surface area contributed by atoms with Crippen molar-refractivity contribution in [3.63, 3.8) is 0 Å². The molecule has 0 aromatic heterocycles. The highest BCUT2D eigenvalue weighted by Gasteiger charge is 2.44. The summed E-state index contributed by atoms with van der Waals surface area (Å²) < 4.78 is 16.4. The largest absolute Gasteiger partial charge is 0.496 e. The average molecular weight is 430 g/mol. The second-order valence-corrected chi connectivity index (χ2v) is 8.93. The molecule has 1 N–H and O–H groups in total. The molecule has 0 spiro atoms. The maximum atomic E-state index is 13.5. The van der Waals surface area contributed by atoms with Gasteiger partial charge < -0.3 is 19.5 Å². The van der Waals surface area contributed by atoms with Gasteiger partial charge in [0.05, 0.1) is 21.3 Å². The molecule has 0 aliphatic heterocycles. The Morgan fingerprint density at radius 2 is 1.52 bits per heavy atom. The summed E-state index contributed by atoms with van der Waals surface area (Å²) in [7, 11) is 4.79. The average Bonchev–Trinajstić information content (AvgIpc) is 2.81. The van der Waals surface area contributed by atoms with Crippen molar-refractivity contribution in [3.8, 4) is 17.2 Å². The maximum absolute atomic E-state index is 13.5. The molecule has 4 atom stereocenters. The lowest BCUT2D eigenvalue weighted by Gasteiger charge is -2.44.